The Hall–Kier alpha value is -2.03. The number of imide groups is 1. The van der Waals surface area contributed by atoms with Gasteiger partial charge >= 0.3 is 6.36 Å². The van der Waals surface area contributed by atoms with Gasteiger partial charge in [0.05, 0.1) is 4.91 Å². The van der Waals surface area contributed by atoms with Gasteiger partial charge in [-0.1, -0.05) is 0 Å². The SMILES string of the molecule is O=C1NC(=O)C(=Cc2ccc(F)cc2OC(F)(F)F)S1. The number of hydrogen-bond donors (Lipinski definition) is 1. The van der Waals surface area contributed by atoms with Crippen molar-refractivity contribution < 1.29 is 31.9 Å². The molecule has 0 aliphatic carbocycles. The summed E-state index contributed by atoms with van der Waals surface area (Å²) in [7, 11) is 0. The maximum Gasteiger partial charge on any atom is 0.573 e. The molecule has 0 bridgehead atoms. The molecule has 9 heteroatoms. The van der Waals surface area contributed by atoms with E-state index in [1.807, 2.05) is 5.32 Å². The Morgan fingerprint density at radius 1 is 1.25 bits per heavy atom. The average molecular weight is 307 g/mol. The molecule has 1 heterocycles. The highest BCUT2D eigenvalue weighted by Gasteiger charge is 2.32. The Kier molecular flexibility index (Phi) is 3.71. The van der Waals surface area contributed by atoms with E-state index in [4.69, 9.17) is 0 Å². The van der Waals surface area contributed by atoms with E-state index < -0.39 is 29.1 Å². The van der Waals surface area contributed by atoms with Crippen LogP contribution in [-0.2, 0) is 4.79 Å². The van der Waals surface area contributed by atoms with Gasteiger partial charge in [0, 0.05) is 11.6 Å². The Bertz CT molecular complexity index is 612. The summed E-state index contributed by atoms with van der Waals surface area (Å²) in [5.74, 6) is -2.45. The van der Waals surface area contributed by atoms with Crippen LogP contribution in [-0.4, -0.2) is 17.5 Å². The maximum atomic E-state index is 13.0. The zero-order valence-electron chi connectivity index (χ0n) is 9.45. The zero-order valence-corrected chi connectivity index (χ0v) is 10.3. The summed E-state index contributed by atoms with van der Waals surface area (Å²) >= 11 is 0.530. The average Bonchev–Trinajstić information content (AvgIpc) is 2.59. The second-order valence-electron chi connectivity index (χ2n) is 3.58. The van der Waals surface area contributed by atoms with E-state index in [1.54, 1.807) is 0 Å². The maximum absolute atomic E-state index is 13.0. The lowest BCUT2D eigenvalue weighted by Gasteiger charge is -2.11. The first kappa shape index (κ1) is 14.4. The molecule has 0 unspecified atom stereocenters. The van der Waals surface area contributed by atoms with Gasteiger partial charge in [0.2, 0.25) is 0 Å². The number of carbonyl (C=O) groups is 2. The molecular formula is C11H5F4NO3S. The molecule has 1 aromatic rings. The molecule has 0 spiro atoms. The molecule has 0 aromatic heterocycles. The van der Waals surface area contributed by atoms with Gasteiger partial charge in [0.15, 0.2) is 0 Å². The first-order valence-corrected chi connectivity index (χ1v) is 5.86. The Morgan fingerprint density at radius 3 is 2.50 bits per heavy atom. The van der Waals surface area contributed by atoms with Crippen LogP contribution in [0.5, 0.6) is 5.75 Å². The lowest BCUT2D eigenvalue weighted by molar-refractivity contribution is -0.274. The third kappa shape index (κ3) is 3.50. The fourth-order valence-electron chi connectivity index (χ4n) is 1.40. The van der Waals surface area contributed by atoms with Crippen molar-refractivity contribution in [3.8, 4) is 5.75 Å². The van der Waals surface area contributed by atoms with Crippen molar-refractivity contribution in [2.45, 2.75) is 6.36 Å². The first-order chi connectivity index (χ1) is 9.24. The summed E-state index contributed by atoms with van der Waals surface area (Å²) in [6.45, 7) is 0. The predicted octanol–water partition coefficient (Wildman–Crippen LogP) is 3.05. The van der Waals surface area contributed by atoms with Gasteiger partial charge in [-0.15, -0.1) is 13.2 Å². The number of amides is 2. The molecule has 1 aliphatic rings. The molecule has 106 valence electrons. The van der Waals surface area contributed by atoms with E-state index in [1.165, 1.54) is 0 Å². The number of alkyl halides is 3. The van der Waals surface area contributed by atoms with Gasteiger partial charge in [-0.25, -0.2) is 4.39 Å². The monoisotopic (exact) mass is 307 g/mol. The quantitative estimate of drug-likeness (QED) is 0.674. The Balaban J connectivity index is 2.39. The van der Waals surface area contributed by atoms with Crippen molar-refractivity contribution in [3.63, 3.8) is 0 Å². The highest BCUT2D eigenvalue weighted by Crippen LogP contribution is 2.32. The summed E-state index contributed by atoms with van der Waals surface area (Å²) in [4.78, 5) is 22.1. The third-order valence-corrected chi connectivity index (χ3v) is 2.94. The molecule has 1 aliphatic heterocycles. The molecule has 2 amide bonds. The van der Waals surface area contributed by atoms with Crippen LogP contribution in [0.2, 0.25) is 0 Å². The molecule has 1 aromatic carbocycles. The fourth-order valence-corrected chi connectivity index (χ4v) is 2.08. The van der Waals surface area contributed by atoms with Crippen LogP contribution in [0.1, 0.15) is 5.56 Å². The molecule has 0 saturated carbocycles. The van der Waals surface area contributed by atoms with E-state index in [2.05, 4.69) is 4.74 Å². The van der Waals surface area contributed by atoms with E-state index in [0.29, 0.717) is 17.8 Å². The minimum absolute atomic E-state index is 0.103. The van der Waals surface area contributed by atoms with E-state index >= 15 is 0 Å². The molecule has 2 rings (SSSR count). The van der Waals surface area contributed by atoms with Crippen LogP contribution in [0, 0.1) is 5.82 Å². The molecule has 0 atom stereocenters. The topological polar surface area (TPSA) is 55.4 Å². The second kappa shape index (κ2) is 5.16. The normalized spacial score (nSPS) is 17.5. The Morgan fingerprint density at radius 2 is 1.95 bits per heavy atom. The van der Waals surface area contributed by atoms with E-state index in [-0.39, 0.29) is 10.5 Å². The molecule has 4 nitrogen and oxygen atoms in total. The Labute approximate surface area is 113 Å². The van der Waals surface area contributed by atoms with Crippen molar-refractivity contribution in [3.05, 3.63) is 34.5 Å². The number of nitrogens with one attached hydrogen (secondary N) is 1. The summed E-state index contributed by atoms with van der Waals surface area (Å²) in [5, 5.41) is 1.31. The number of halogens is 4. The zero-order chi connectivity index (χ0) is 14.9. The number of ether oxygens (including phenoxy) is 1. The summed E-state index contributed by atoms with van der Waals surface area (Å²) < 4.78 is 53.2. The predicted molar refractivity (Wildman–Crippen MR) is 62.2 cm³/mol. The van der Waals surface area contributed by atoms with Crippen LogP contribution in [0.3, 0.4) is 0 Å². The standard InChI is InChI=1S/C11H5F4NO3S/c12-6-2-1-5(7(4-6)19-11(13,14)15)3-8-9(17)16-10(18)20-8/h1-4H,(H,16,17,18). The van der Waals surface area contributed by atoms with Crippen LogP contribution < -0.4 is 10.1 Å². The van der Waals surface area contributed by atoms with Gasteiger partial charge in [-0.3, -0.25) is 14.9 Å². The van der Waals surface area contributed by atoms with Crippen molar-refractivity contribution in [1.29, 1.82) is 0 Å². The fraction of sp³-hybridized carbons (Fsp3) is 0.0909. The molecule has 1 N–H and O–H groups in total. The first-order valence-electron chi connectivity index (χ1n) is 5.05. The second-order valence-corrected chi connectivity index (χ2v) is 4.60. The lowest BCUT2D eigenvalue weighted by Crippen LogP contribution is -2.18. The van der Waals surface area contributed by atoms with Gasteiger partial charge in [0.1, 0.15) is 11.6 Å². The third-order valence-electron chi connectivity index (χ3n) is 2.13. The number of benzene rings is 1. The van der Waals surface area contributed by atoms with Crippen molar-refractivity contribution in [2.75, 3.05) is 0 Å². The van der Waals surface area contributed by atoms with Crippen molar-refractivity contribution >= 4 is 29.0 Å². The summed E-state index contributed by atoms with van der Waals surface area (Å²) in [5.41, 5.74) is -0.170. The van der Waals surface area contributed by atoms with Crippen LogP contribution >= 0.6 is 11.8 Å². The molecule has 0 radical (unpaired) electrons. The number of hydrogen-bond acceptors (Lipinski definition) is 4. The van der Waals surface area contributed by atoms with Gasteiger partial charge in [-0.05, 0) is 30.0 Å². The number of rotatable bonds is 2. The van der Waals surface area contributed by atoms with E-state index in [9.17, 15) is 27.2 Å². The van der Waals surface area contributed by atoms with Crippen molar-refractivity contribution in [2.24, 2.45) is 0 Å². The minimum Gasteiger partial charge on any atom is -0.405 e. The van der Waals surface area contributed by atoms with Crippen LogP contribution in [0.25, 0.3) is 6.08 Å². The van der Waals surface area contributed by atoms with Gasteiger partial charge in [-0.2, -0.15) is 0 Å². The van der Waals surface area contributed by atoms with Crippen LogP contribution in [0.15, 0.2) is 23.1 Å². The van der Waals surface area contributed by atoms with Gasteiger partial charge < -0.3 is 4.74 Å². The largest absolute Gasteiger partial charge is 0.573 e. The highest BCUT2D eigenvalue weighted by molar-refractivity contribution is 8.18. The molecule has 1 fully saturated rings. The smallest absolute Gasteiger partial charge is 0.405 e. The number of thioether (sulfide) groups is 1. The van der Waals surface area contributed by atoms with E-state index in [0.717, 1.165) is 18.2 Å². The van der Waals surface area contributed by atoms with Crippen LogP contribution in [0.4, 0.5) is 22.4 Å². The molecular weight excluding hydrogens is 302 g/mol. The molecule has 20 heavy (non-hydrogen) atoms. The molecule has 1 saturated heterocycles. The number of carbonyl (C=O) groups excluding carboxylic acids is 2. The highest BCUT2D eigenvalue weighted by atomic mass is 32.2. The minimum atomic E-state index is -5.00. The lowest BCUT2D eigenvalue weighted by atomic mass is 10.2. The van der Waals surface area contributed by atoms with Crippen molar-refractivity contribution in [1.82, 2.24) is 5.32 Å². The summed E-state index contributed by atoms with van der Waals surface area (Å²) in [6, 6.07) is 2.47. The van der Waals surface area contributed by atoms with Gasteiger partial charge in [0.25, 0.3) is 11.1 Å². The summed E-state index contributed by atoms with van der Waals surface area (Å²) in [6.07, 6.45) is -3.98.